The average Bonchev–Trinajstić information content (AvgIpc) is 2.00. The van der Waals surface area contributed by atoms with E-state index in [-0.39, 0.29) is 0 Å². The van der Waals surface area contributed by atoms with E-state index in [2.05, 4.69) is 4.74 Å². The van der Waals surface area contributed by atoms with Crippen LogP contribution in [0.3, 0.4) is 0 Å². The Morgan fingerprint density at radius 2 is 1.57 bits per heavy atom. The molecule has 1 amide bonds. The molecule has 0 fully saturated rings. The fourth-order valence-electron chi connectivity index (χ4n) is 0.880. The second-order valence-electron chi connectivity index (χ2n) is 4.05. The van der Waals surface area contributed by atoms with Gasteiger partial charge in [-0.25, -0.2) is 4.79 Å². The zero-order valence-corrected chi connectivity index (χ0v) is 9.21. The van der Waals surface area contributed by atoms with Crippen molar-refractivity contribution in [3.63, 3.8) is 0 Å². The maximum Gasteiger partial charge on any atom is 0.405 e. The fourth-order valence-corrected chi connectivity index (χ4v) is 0.880. The van der Waals surface area contributed by atoms with Gasteiger partial charge < -0.3 is 15.2 Å². The lowest BCUT2D eigenvalue weighted by atomic mass is 9.77. The van der Waals surface area contributed by atoms with Crippen LogP contribution in [-0.2, 0) is 14.3 Å². The van der Waals surface area contributed by atoms with Crippen molar-refractivity contribution < 1.29 is 19.1 Å². The van der Waals surface area contributed by atoms with E-state index in [4.69, 9.17) is 10.5 Å². The first kappa shape index (κ1) is 12.7. The normalized spacial score (nSPS) is 12.1. The molecule has 2 N–H and O–H groups in total. The highest BCUT2D eigenvalue weighted by molar-refractivity contribution is 5.78. The number of carbonyl (C=O) groups is 2. The van der Waals surface area contributed by atoms with Crippen LogP contribution in [0.15, 0.2) is 0 Å². The molecular weight excluding hydrogens is 186 g/mol. The molecule has 0 rings (SSSR count). The molecule has 0 aromatic heterocycles. The lowest BCUT2D eigenvalue weighted by molar-refractivity contribution is -0.164. The van der Waals surface area contributed by atoms with Gasteiger partial charge in [-0.2, -0.15) is 0 Å². The highest BCUT2D eigenvalue weighted by Gasteiger charge is 2.47. The van der Waals surface area contributed by atoms with Crippen LogP contribution in [0, 0.1) is 5.41 Å². The minimum atomic E-state index is -1.01. The summed E-state index contributed by atoms with van der Waals surface area (Å²) in [4.78, 5) is 22.0. The van der Waals surface area contributed by atoms with Gasteiger partial charge >= 0.3 is 12.1 Å². The van der Waals surface area contributed by atoms with Gasteiger partial charge in [0.05, 0.1) is 7.11 Å². The molecule has 0 atom stereocenters. The molecule has 0 heterocycles. The third-order valence-corrected chi connectivity index (χ3v) is 2.56. The van der Waals surface area contributed by atoms with Crippen LogP contribution in [-0.4, -0.2) is 24.8 Å². The van der Waals surface area contributed by atoms with Crippen molar-refractivity contribution in [2.24, 2.45) is 11.1 Å². The Morgan fingerprint density at radius 1 is 1.14 bits per heavy atom. The molecule has 0 aromatic carbocycles. The highest BCUT2D eigenvalue weighted by Crippen LogP contribution is 2.34. The van der Waals surface area contributed by atoms with E-state index in [0.717, 1.165) is 0 Å². The molecule has 0 aromatic rings. The van der Waals surface area contributed by atoms with Crippen LogP contribution in [0.1, 0.15) is 27.7 Å². The number of hydrogen-bond donors (Lipinski definition) is 1. The number of ether oxygens (including phenoxy) is 2. The van der Waals surface area contributed by atoms with Gasteiger partial charge in [-0.1, -0.05) is 0 Å². The first-order chi connectivity index (χ1) is 6.15. The second kappa shape index (κ2) is 3.86. The fraction of sp³-hybridized carbons (Fsp3) is 0.778. The standard InChI is InChI=1S/C9H17NO4/c1-8(2,6(11)13-5)9(3,4)14-7(10)12/h1-5H3,(H2,10,12). The van der Waals surface area contributed by atoms with E-state index in [9.17, 15) is 9.59 Å². The van der Waals surface area contributed by atoms with Gasteiger partial charge in [0.25, 0.3) is 0 Å². The van der Waals surface area contributed by atoms with Gasteiger partial charge in [0, 0.05) is 0 Å². The summed E-state index contributed by atoms with van der Waals surface area (Å²) >= 11 is 0. The van der Waals surface area contributed by atoms with Crippen molar-refractivity contribution in [1.82, 2.24) is 0 Å². The number of amides is 1. The number of hydrogen-bond acceptors (Lipinski definition) is 4. The largest absolute Gasteiger partial charge is 0.468 e. The summed E-state index contributed by atoms with van der Waals surface area (Å²) in [6.45, 7) is 6.47. The number of carbonyl (C=O) groups excluding carboxylic acids is 2. The highest BCUT2D eigenvalue weighted by atomic mass is 16.6. The van der Waals surface area contributed by atoms with Crippen LogP contribution in [0.25, 0.3) is 0 Å². The molecule has 0 saturated carbocycles. The topological polar surface area (TPSA) is 78.6 Å². The van der Waals surface area contributed by atoms with Crippen molar-refractivity contribution in [2.45, 2.75) is 33.3 Å². The summed E-state index contributed by atoms with van der Waals surface area (Å²) in [6.07, 6.45) is -0.910. The quantitative estimate of drug-likeness (QED) is 0.695. The summed E-state index contributed by atoms with van der Waals surface area (Å²) < 4.78 is 9.48. The Bertz CT molecular complexity index is 245. The molecule has 0 saturated heterocycles. The number of esters is 1. The van der Waals surface area contributed by atoms with Gasteiger partial charge in [0.2, 0.25) is 0 Å². The molecule has 0 aliphatic carbocycles. The van der Waals surface area contributed by atoms with E-state index in [1.165, 1.54) is 7.11 Å². The molecule has 0 unspecified atom stereocenters. The van der Waals surface area contributed by atoms with Crippen molar-refractivity contribution >= 4 is 12.1 Å². The lowest BCUT2D eigenvalue weighted by Gasteiger charge is -2.37. The van der Waals surface area contributed by atoms with E-state index >= 15 is 0 Å². The third-order valence-electron chi connectivity index (χ3n) is 2.56. The van der Waals surface area contributed by atoms with Crippen molar-refractivity contribution in [3.05, 3.63) is 0 Å². The van der Waals surface area contributed by atoms with Crippen molar-refractivity contribution in [1.29, 1.82) is 0 Å². The number of nitrogens with two attached hydrogens (primary N) is 1. The summed E-state index contributed by atoms with van der Waals surface area (Å²) in [6, 6.07) is 0. The Morgan fingerprint density at radius 3 is 1.86 bits per heavy atom. The minimum Gasteiger partial charge on any atom is -0.468 e. The van der Waals surface area contributed by atoms with E-state index in [1.54, 1.807) is 27.7 Å². The molecular formula is C9H17NO4. The van der Waals surface area contributed by atoms with Crippen molar-refractivity contribution in [2.75, 3.05) is 7.11 Å². The predicted octanol–water partition coefficient (Wildman–Crippen LogP) is 1.06. The maximum atomic E-state index is 11.4. The molecule has 0 aliphatic rings. The molecule has 0 spiro atoms. The first-order valence-electron chi connectivity index (χ1n) is 4.22. The van der Waals surface area contributed by atoms with Crippen LogP contribution < -0.4 is 5.73 Å². The minimum absolute atomic E-state index is 0.455. The molecule has 5 nitrogen and oxygen atoms in total. The van der Waals surface area contributed by atoms with Crippen LogP contribution >= 0.6 is 0 Å². The zero-order valence-electron chi connectivity index (χ0n) is 9.21. The van der Waals surface area contributed by atoms with Crippen LogP contribution in [0.4, 0.5) is 4.79 Å². The SMILES string of the molecule is COC(=O)C(C)(C)C(C)(C)OC(N)=O. The Labute approximate surface area is 83.5 Å². The second-order valence-corrected chi connectivity index (χ2v) is 4.05. The van der Waals surface area contributed by atoms with Gasteiger partial charge in [-0.15, -0.1) is 0 Å². The van der Waals surface area contributed by atoms with Gasteiger partial charge in [-0.3, -0.25) is 4.79 Å². The Balaban J connectivity index is 4.86. The number of methoxy groups -OCH3 is 1. The van der Waals surface area contributed by atoms with Crippen LogP contribution in [0.2, 0.25) is 0 Å². The van der Waals surface area contributed by atoms with E-state index < -0.39 is 23.1 Å². The summed E-state index contributed by atoms with van der Waals surface area (Å²) in [5.41, 5.74) is 2.95. The molecule has 0 bridgehead atoms. The van der Waals surface area contributed by atoms with E-state index in [0.29, 0.717) is 0 Å². The Hall–Kier alpha value is -1.26. The number of primary amides is 1. The predicted molar refractivity (Wildman–Crippen MR) is 50.5 cm³/mol. The molecule has 0 aliphatic heterocycles. The smallest absolute Gasteiger partial charge is 0.405 e. The van der Waals surface area contributed by atoms with Gasteiger partial charge in [0.1, 0.15) is 11.0 Å². The maximum absolute atomic E-state index is 11.4. The van der Waals surface area contributed by atoms with Gasteiger partial charge in [-0.05, 0) is 27.7 Å². The summed E-state index contributed by atoms with van der Waals surface area (Å²) in [5, 5.41) is 0. The molecule has 82 valence electrons. The monoisotopic (exact) mass is 203 g/mol. The van der Waals surface area contributed by atoms with Gasteiger partial charge in [0.15, 0.2) is 0 Å². The number of rotatable bonds is 3. The molecule has 0 radical (unpaired) electrons. The first-order valence-corrected chi connectivity index (χ1v) is 4.22. The average molecular weight is 203 g/mol. The molecule has 14 heavy (non-hydrogen) atoms. The van der Waals surface area contributed by atoms with Crippen molar-refractivity contribution in [3.8, 4) is 0 Å². The summed E-state index contributed by atoms with van der Waals surface area (Å²) in [7, 11) is 1.28. The third kappa shape index (κ3) is 2.37. The van der Waals surface area contributed by atoms with E-state index in [1.807, 2.05) is 0 Å². The van der Waals surface area contributed by atoms with Crippen LogP contribution in [0.5, 0.6) is 0 Å². The summed E-state index contributed by atoms with van der Waals surface area (Å²) in [5.74, 6) is -0.455. The zero-order chi connectivity index (χ0) is 11.6. The Kier molecular flexibility index (Phi) is 3.51. The molecule has 5 heteroatoms. The lowest BCUT2D eigenvalue weighted by Crippen LogP contribution is -2.49.